The van der Waals surface area contributed by atoms with Crippen molar-refractivity contribution in [2.24, 2.45) is 5.41 Å². The summed E-state index contributed by atoms with van der Waals surface area (Å²) in [4.78, 5) is 25.0. The van der Waals surface area contributed by atoms with E-state index in [0.717, 1.165) is 6.54 Å². The molecule has 1 N–H and O–H groups in total. The van der Waals surface area contributed by atoms with Crippen molar-refractivity contribution in [3.05, 3.63) is 0 Å². The zero-order valence-corrected chi connectivity index (χ0v) is 9.38. The summed E-state index contributed by atoms with van der Waals surface area (Å²) in [6, 6.07) is -0.359. The first-order valence-electron chi connectivity index (χ1n) is 5.58. The van der Waals surface area contributed by atoms with Crippen LogP contribution in [0.2, 0.25) is 0 Å². The summed E-state index contributed by atoms with van der Waals surface area (Å²) in [7, 11) is 0. The van der Waals surface area contributed by atoms with Gasteiger partial charge in [0, 0.05) is 19.5 Å². The van der Waals surface area contributed by atoms with Gasteiger partial charge in [-0.1, -0.05) is 6.92 Å². The second-order valence-electron chi connectivity index (χ2n) is 5.11. The number of nitrogens with zero attached hydrogens (tertiary/aromatic N) is 1. The summed E-state index contributed by atoms with van der Waals surface area (Å²) in [5, 5.41) is 2.70. The van der Waals surface area contributed by atoms with E-state index in [1.807, 2.05) is 4.90 Å². The Hall–Kier alpha value is -1.06. The maximum Gasteiger partial charge on any atom is 0.244 e. The molecule has 1 aliphatic heterocycles. The van der Waals surface area contributed by atoms with Crippen LogP contribution in [0.5, 0.6) is 0 Å². The van der Waals surface area contributed by atoms with E-state index in [-0.39, 0.29) is 17.9 Å². The highest BCUT2D eigenvalue weighted by molar-refractivity contribution is 5.89. The lowest BCUT2D eigenvalue weighted by Crippen LogP contribution is -2.44. The molecule has 84 valence electrons. The Balaban J connectivity index is 2.02. The van der Waals surface area contributed by atoms with E-state index in [9.17, 15) is 9.59 Å². The molecule has 1 heterocycles. The van der Waals surface area contributed by atoms with Crippen molar-refractivity contribution in [3.63, 3.8) is 0 Å². The molecule has 1 atom stereocenters. The SMILES string of the molecule is CC1NC(=O)CCN(CC2(C)CC2)C1=O. The monoisotopic (exact) mass is 210 g/mol. The molecule has 2 rings (SSSR count). The van der Waals surface area contributed by atoms with E-state index >= 15 is 0 Å². The van der Waals surface area contributed by atoms with Gasteiger partial charge in [0.25, 0.3) is 0 Å². The maximum atomic E-state index is 11.9. The summed E-state index contributed by atoms with van der Waals surface area (Å²) >= 11 is 0. The number of carbonyl (C=O) groups is 2. The standard InChI is InChI=1S/C11H18N2O2/c1-8-10(15)13(6-3-9(14)12-8)7-11(2)4-5-11/h8H,3-7H2,1-2H3,(H,12,14). The van der Waals surface area contributed by atoms with Gasteiger partial charge in [-0.25, -0.2) is 0 Å². The van der Waals surface area contributed by atoms with Crippen LogP contribution in [0.1, 0.15) is 33.1 Å². The van der Waals surface area contributed by atoms with Gasteiger partial charge in [-0.15, -0.1) is 0 Å². The number of nitrogens with one attached hydrogen (secondary N) is 1. The minimum atomic E-state index is -0.359. The molecule has 2 fully saturated rings. The first-order chi connectivity index (χ1) is 7.00. The third-order valence-corrected chi connectivity index (χ3v) is 3.34. The zero-order chi connectivity index (χ0) is 11.1. The van der Waals surface area contributed by atoms with Crippen LogP contribution in [-0.4, -0.2) is 35.8 Å². The molecule has 0 aromatic carbocycles. The summed E-state index contributed by atoms with van der Waals surface area (Å²) in [6.45, 7) is 5.34. The van der Waals surface area contributed by atoms with Crippen molar-refractivity contribution in [1.29, 1.82) is 0 Å². The average Bonchev–Trinajstić information content (AvgIpc) is 2.90. The molecule has 0 bridgehead atoms. The minimum Gasteiger partial charge on any atom is -0.345 e. The van der Waals surface area contributed by atoms with Crippen molar-refractivity contribution in [2.45, 2.75) is 39.2 Å². The third kappa shape index (κ3) is 2.30. The van der Waals surface area contributed by atoms with E-state index in [1.165, 1.54) is 12.8 Å². The Bertz CT molecular complexity index is 297. The number of rotatable bonds is 2. The van der Waals surface area contributed by atoms with Gasteiger partial charge in [-0.3, -0.25) is 9.59 Å². The molecule has 0 aromatic heterocycles. The lowest BCUT2D eigenvalue weighted by molar-refractivity contribution is -0.133. The molecule has 4 nitrogen and oxygen atoms in total. The quantitative estimate of drug-likeness (QED) is 0.722. The molecule has 1 aliphatic carbocycles. The van der Waals surface area contributed by atoms with Crippen LogP contribution in [0.25, 0.3) is 0 Å². The van der Waals surface area contributed by atoms with Crippen LogP contribution < -0.4 is 5.32 Å². The van der Waals surface area contributed by atoms with E-state index in [2.05, 4.69) is 12.2 Å². The van der Waals surface area contributed by atoms with Gasteiger partial charge in [-0.2, -0.15) is 0 Å². The van der Waals surface area contributed by atoms with Crippen LogP contribution in [0, 0.1) is 5.41 Å². The first-order valence-corrected chi connectivity index (χ1v) is 5.58. The topological polar surface area (TPSA) is 49.4 Å². The molecule has 0 aromatic rings. The number of carbonyl (C=O) groups excluding carboxylic acids is 2. The average molecular weight is 210 g/mol. The summed E-state index contributed by atoms with van der Waals surface area (Å²) in [6.07, 6.45) is 2.84. The Labute approximate surface area is 90.0 Å². The van der Waals surface area contributed by atoms with Gasteiger partial charge in [0.2, 0.25) is 11.8 Å². The third-order valence-electron chi connectivity index (χ3n) is 3.34. The lowest BCUT2D eigenvalue weighted by Gasteiger charge is -2.25. The number of hydrogen-bond donors (Lipinski definition) is 1. The zero-order valence-electron chi connectivity index (χ0n) is 9.38. The molecule has 2 aliphatic rings. The van der Waals surface area contributed by atoms with E-state index in [0.29, 0.717) is 18.4 Å². The molecule has 15 heavy (non-hydrogen) atoms. The Morgan fingerprint density at radius 1 is 1.47 bits per heavy atom. The molecule has 2 amide bonds. The highest BCUT2D eigenvalue weighted by Crippen LogP contribution is 2.45. The van der Waals surface area contributed by atoms with Crippen LogP contribution in [0.15, 0.2) is 0 Å². The van der Waals surface area contributed by atoms with Gasteiger partial charge >= 0.3 is 0 Å². The fourth-order valence-corrected chi connectivity index (χ4v) is 1.99. The fourth-order valence-electron chi connectivity index (χ4n) is 1.99. The normalized spacial score (nSPS) is 29.7. The van der Waals surface area contributed by atoms with E-state index in [4.69, 9.17) is 0 Å². The van der Waals surface area contributed by atoms with Crippen LogP contribution in [-0.2, 0) is 9.59 Å². The van der Waals surface area contributed by atoms with Crippen molar-refractivity contribution in [1.82, 2.24) is 10.2 Å². The molecule has 0 spiro atoms. The Kier molecular flexibility index (Phi) is 2.44. The molecule has 1 unspecified atom stereocenters. The molecule has 1 saturated carbocycles. The van der Waals surface area contributed by atoms with Crippen molar-refractivity contribution in [3.8, 4) is 0 Å². The summed E-state index contributed by atoms with van der Waals surface area (Å²) in [5.74, 6) is 0.0493. The number of amides is 2. The van der Waals surface area contributed by atoms with Gasteiger partial charge in [0.1, 0.15) is 6.04 Å². The van der Waals surface area contributed by atoms with Gasteiger partial charge in [0.05, 0.1) is 0 Å². The van der Waals surface area contributed by atoms with Crippen LogP contribution >= 0.6 is 0 Å². The summed E-state index contributed by atoms with van der Waals surface area (Å²) < 4.78 is 0. The Morgan fingerprint density at radius 3 is 2.73 bits per heavy atom. The largest absolute Gasteiger partial charge is 0.345 e. The van der Waals surface area contributed by atoms with Crippen LogP contribution in [0.4, 0.5) is 0 Å². The molecule has 0 radical (unpaired) electrons. The molecule has 1 saturated heterocycles. The van der Waals surface area contributed by atoms with Crippen molar-refractivity contribution < 1.29 is 9.59 Å². The van der Waals surface area contributed by atoms with E-state index in [1.54, 1.807) is 6.92 Å². The predicted molar refractivity (Wildman–Crippen MR) is 56.1 cm³/mol. The second-order valence-corrected chi connectivity index (χ2v) is 5.11. The first kappa shape index (κ1) is 10.5. The van der Waals surface area contributed by atoms with Gasteiger partial charge in [0.15, 0.2) is 0 Å². The van der Waals surface area contributed by atoms with Crippen molar-refractivity contribution in [2.75, 3.05) is 13.1 Å². The minimum absolute atomic E-state index is 0.0145. The molecular weight excluding hydrogens is 192 g/mol. The van der Waals surface area contributed by atoms with E-state index < -0.39 is 0 Å². The predicted octanol–water partition coefficient (Wildman–Crippen LogP) is 0.523. The maximum absolute atomic E-state index is 11.9. The van der Waals surface area contributed by atoms with Crippen molar-refractivity contribution >= 4 is 11.8 Å². The fraction of sp³-hybridized carbons (Fsp3) is 0.818. The van der Waals surface area contributed by atoms with Gasteiger partial charge < -0.3 is 10.2 Å². The molecule has 4 heteroatoms. The Morgan fingerprint density at radius 2 is 2.13 bits per heavy atom. The number of hydrogen-bond acceptors (Lipinski definition) is 2. The van der Waals surface area contributed by atoms with Crippen LogP contribution in [0.3, 0.4) is 0 Å². The van der Waals surface area contributed by atoms with Gasteiger partial charge in [-0.05, 0) is 25.2 Å². The highest BCUT2D eigenvalue weighted by atomic mass is 16.2. The second kappa shape index (κ2) is 3.51. The lowest BCUT2D eigenvalue weighted by atomic mass is 10.1. The smallest absolute Gasteiger partial charge is 0.244 e. The molecular formula is C11H18N2O2. The summed E-state index contributed by atoms with van der Waals surface area (Å²) in [5.41, 5.74) is 0.322. The highest BCUT2D eigenvalue weighted by Gasteiger charge is 2.41.